The zero-order chi connectivity index (χ0) is 36.9. The van der Waals surface area contributed by atoms with Crippen molar-refractivity contribution >= 4 is 53.5 Å². The Kier molecular flexibility index (Phi) is 20.3. The molecule has 0 aliphatic rings. The predicted octanol–water partition coefficient (Wildman–Crippen LogP) is -0.680. The lowest BCUT2D eigenvalue weighted by Crippen LogP contribution is -2.60. The lowest BCUT2D eigenvalue weighted by Gasteiger charge is -2.28. The normalized spacial score (nSPS) is 14.0. The van der Waals surface area contributed by atoms with E-state index in [1.165, 1.54) is 0 Å². The van der Waals surface area contributed by atoms with Crippen molar-refractivity contribution in [3.8, 4) is 0 Å². The number of benzene rings is 1. The van der Waals surface area contributed by atoms with Crippen molar-refractivity contribution in [2.75, 3.05) is 25.1 Å². The van der Waals surface area contributed by atoms with Gasteiger partial charge in [-0.15, -0.1) is 0 Å². The van der Waals surface area contributed by atoms with Crippen LogP contribution in [0.4, 0.5) is 0 Å². The maximum absolute atomic E-state index is 13.9. The number of aliphatic imine (C=N–C) groups is 1. The quantitative estimate of drug-likeness (QED) is 0.0308. The van der Waals surface area contributed by atoms with E-state index < -0.39 is 59.7 Å². The van der Waals surface area contributed by atoms with E-state index in [4.69, 9.17) is 17.2 Å². The van der Waals surface area contributed by atoms with Gasteiger partial charge in [-0.1, -0.05) is 58.0 Å². The molecule has 49 heavy (non-hydrogen) atoms. The summed E-state index contributed by atoms with van der Waals surface area (Å²) in [6.45, 7) is 7.23. The van der Waals surface area contributed by atoms with E-state index in [0.29, 0.717) is 24.9 Å². The van der Waals surface area contributed by atoms with Crippen molar-refractivity contribution < 1.29 is 28.8 Å². The first-order valence-corrected chi connectivity index (χ1v) is 17.9. The summed E-state index contributed by atoms with van der Waals surface area (Å²) in [6.07, 6.45) is 3.64. The van der Waals surface area contributed by atoms with E-state index in [0.717, 1.165) is 5.56 Å². The third-order valence-electron chi connectivity index (χ3n) is 7.41. The van der Waals surface area contributed by atoms with Gasteiger partial charge in [0.25, 0.3) is 0 Å². The zero-order valence-electron chi connectivity index (χ0n) is 29.2. The number of rotatable bonds is 23. The molecule has 5 amide bonds. The molecule has 1 aromatic carbocycles. The number of nitrogens with one attached hydrogen (secondary N) is 5. The Morgan fingerprint density at radius 3 is 1.98 bits per heavy atom. The van der Waals surface area contributed by atoms with Crippen LogP contribution in [0.3, 0.4) is 0 Å². The minimum Gasteiger partial charge on any atom is -0.370 e. The highest BCUT2D eigenvalue weighted by Crippen LogP contribution is 2.11. The van der Waals surface area contributed by atoms with E-state index in [-0.39, 0.29) is 50.1 Å². The topological polar surface area (TPSA) is 253 Å². The molecular formula is C33H55N9O6S. The monoisotopic (exact) mass is 705 g/mol. The fraction of sp³-hybridized carbons (Fsp3) is 0.606. The molecule has 0 saturated carbocycles. The highest BCUT2D eigenvalue weighted by molar-refractivity contribution is 7.98. The number of guanidine groups is 1. The molecule has 0 saturated heterocycles. The first-order chi connectivity index (χ1) is 23.2. The molecule has 0 bridgehead atoms. The van der Waals surface area contributed by atoms with Crippen molar-refractivity contribution in [2.45, 2.75) is 90.0 Å². The van der Waals surface area contributed by atoms with Gasteiger partial charge in [0, 0.05) is 13.0 Å². The van der Waals surface area contributed by atoms with E-state index in [1.807, 2.05) is 26.2 Å². The number of hydrogen-bond acceptors (Lipinski definition) is 9. The molecule has 0 unspecified atom stereocenters. The number of nitrogens with two attached hydrogens (primary N) is 3. The molecule has 15 nitrogen and oxygen atoms in total. The maximum atomic E-state index is 13.9. The second-order valence-electron chi connectivity index (χ2n) is 12.5. The standard InChI is InChI=1S/C33H55N9O6S/c1-20(2)18-25(40-28(44)23(34)13-17-49-5)30(46)39-24(12-9-14-38-33(35)36)29(45)41-26(19-22-10-7-6-8-11-22)31(47)42-27(21(3)4)32(48)37-15-16-43/h6-8,10-11,16,20-21,23-27H,9,12-15,17-19,34H2,1-5H3,(H,37,48)(H,39,46)(H,40,44)(H,41,45)(H,42,47)(H4,35,36,38)/t23-,24-,25-,26-,27-/m0/s1. The summed E-state index contributed by atoms with van der Waals surface area (Å²) in [5, 5.41) is 13.4. The van der Waals surface area contributed by atoms with Crippen LogP contribution in [-0.4, -0.2) is 97.1 Å². The Labute approximate surface area is 293 Å². The summed E-state index contributed by atoms with van der Waals surface area (Å²) >= 11 is 1.55. The molecule has 274 valence electrons. The minimum atomic E-state index is -1.15. The van der Waals surface area contributed by atoms with Crippen LogP contribution in [0.15, 0.2) is 35.3 Å². The van der Waals surface area contributed by atoms with Gasteiger partial charge >= 0.3 is 0 Å². The van der Waals surface area contributed by atoms with Gasteiger partial charge < -0.3 is 48.6 Å². The molecule has 0 spiro atoms. The van der Waals surface area contributed by atoms with Gasteiger partial charge in [-0.3, -0.25) is 29.0 Å². The first-order valence-electron chi connectivity index (χ1n) is 16.5. The van der Waals surface area contributed by atoms with Crippen LogP contribution >= 0.6 is 11.8 Å². The van der Waals surface area contributed by atoms with E-state index in [9.17, 15) is 28.8 Å². The van der Waals surface area contributed by atoms with Crippen molar-refractivity contribution in [1.82, 2.24) is 26.6 Å². The van der Waals surface area contributed by atoms with Crippen molar-refractivity contribution in [1.29, 1.82) is 0 Å². The average molecular weight is 706 g/mol. The smallest absolute Gasteiger partial charge is 0.243 e. The summed E-state index contributed by atoms with van der Waals surface area (Å²) in [5.41, 5.74) is 17.7. The Balaban J connectivity index is 3.34. The molecule has 0 aliphatic carbocycles. The van der Waals surface area contributed by atoms with Crippen LogP contribution in [0.1, 0.15) is 58.9 Å². The summed E-state index contributed by atoms with van der Waals surface area (Å²) in [4.78, 5) is 81.5. The van der Waals surface area contributed by atoms with Crippen LogP contribution in [-0.2, 0) is 35.2 Å². The number of amides is 5. The molecule has 0 aromatic heterocycles. The second kappa shape index (κ2) is 23.2. The van der Waals surface area contributed by atoms with Gasteiger partial charge in [-0.25, -0.2) is 0 Å². The first kappa shape index (κ1) is 42.8. The molecule has 0 aliphatic heterocycles. The summed E-state index contributed by atoms with van der Waals surface area (Å²) in [6, 6.07) is 3.93. The van der Waals surface area contributed by atoms with Gasteiger partial charge in [0.15, 0.2) is 5.96 Å². The summed E-state index contributed by atoms with van der Waals surface area (Å²) < 4.78 is 0. The highest BCUT2D eigenvalue weighted by atomic mass is 32.2. The van der Waals surface area contributed by atoms with E-state index in [2.05, 4.69) is 31.6 Å². The summed E-state index contributed by atoms with van der Waals surface area (Å²) in [7, 11) is 0. The minimum absolute atomic E-state index is 0.0178. The number of hydrogen-bond donors (Lipinski definition) is 8. The molecule has 1 aromatic rings. The molecule has 0 fully saturated rings. The average Bonchev–Trinajstić information content (AvgIpc) is 3.05. The third-order valence-corrected chi connectivity index (χ3v) is 8.05. The molecule has 16 heteroatoms. The number of aldehydes is 1. The third kappa shape index (κ3) is 17.2. The Morgan fingerprint density at radius 2 is 1.41 bits per heavy atom. The van der Waals surface area contributed by atoms with Gasteiger partial charge in [-0.2, -0.15) is 11.8 Å². The molecule has 0 heterocycles. The summed E-state index contributed by atoms with van der Waals surface area (Å²) in [5.74, 6) is -2.67. The molecule has 11 N–H and O–H groups in total. The fourth-order valence-electron chi connectivity index (χ4n) is 4.77. The zero-order valence-corrected chi connectivity index (χ0v) is 30.0. The number of carbonyl (C=O) groups excluding carboxylic acids is 6. The molecule has 1 rings (SSSR count). The Morgan fingerprint density at radius 1 is 0.816 bits per heavy atom. The SMILES string of the molecule is CSCC[C@H](N)C(=O)N[C@@H](CC(C)C)C(=O)N[C@@H](CCCN=C(N)N)C(=O)N[C@@H](Cc1ccccc1)C(=O)N[C@H](C(=O)NCC=O)C(C)C. The van der Waals surface area contributed by atoms with Gasteiger partial charge in [0.05, 0.1) is 12.6 Å². The number of thioether (sulfide) groups is 1. The van der Waals surface area contributed by atoms with E-state index >= 15 is 0 Å². The van der Waals surface area contributed by atoms with Gasteiger partial charge in [0.1, 0.15) is 30.5 Å². The van der Waals surface area contributed by atoms with Crippen LogP contribution < -0.4 is 43.8 Å². The van der Waals surface area contributed by atoms with Crippen LogP contribution in [0.2, 0.25) is 0 Å². The predicted molar refractivity (Wildman–Crippen MR) is 192 cm³/mol. The molecule has 0 radical (unpaired) electrons. The van der Waals surface area contributed by atoms with Crippen LogP contribution in [0, 0.1) is 11.8 Å². The van der Waals surface area contributed by atoms with E-state index in [1.54, 1.807) is 49.9 Å². The Bertz CT molecular complexity index is 1240. The molecule has 5 atom stereocenters. The number of carbonyl (C=O) groups is 6. The fourth-order valence-corrected chi connectivity index (χ4v) is 5.26. The molecular weight excluding hydrogens is 650 g/mol. The lowest BCUT2D eigenvalue weighted by atomic mass is 10.00. The van der Waals surface area contributed by atoms with Crippen molar-refractivity contribution in [2.24, 2.45) is 34.0 Å². The number of nitrogens with zero attached hydrogens (tertiary/aromatic N) is 1. The second-order valence-corrected chi connectivity index (χ2v) is 13.5. The Hall–Kier alpha value is -4.18. The van der Waals surface area contributed by atoms with Crippen molar-refractivity contribution in [3.05, 3.63) is 35.9 Å². The van der Waals surface area contributed by atoms with Gasteiger partial charge in [0.2, 0.25) is 29.5 Å². The van der Waals surface area contributed by atoms with Crippen molar-refractivity contribution in [3.63, 3.8) is 0 Å². The largest absolute Gasteiger partial charge is 0.370 e. The van der Waals surface area contributed by atoms with Gasteiger partial charge in [-0.05, 0) is 55.1 Å². The maximum Gasteiger partial charge on any atom is 0.243 e. The van der Waals surface area contributed by atoms with Crippen LogP contribution in [0.5, 0.6) is 0 Å². The van der Waals surface area contributed by atoms with Crippen LogP contribution in [0.25, 0.3) is 0 Å². The highest BCUT2D eigenvalue weighted by Gasteiger charge is 2.33. The lowest BCUT2D eigenvalue weighted by molar-refractivity contribution is -0.135.